The van der Waals surface area contributed by atoms with Crippen molar-refractivity contribution in [1.82, 2.24) is 9.97 Å². The van der Waals surface area contributed by atoms with Crippen LogP contribution in [-0.2, 0) is 5.41 Å². The number of nitrogens with zero attached hydrogens (tertiary/aromatic N) is 2. The summed E-state index contributed by atoms with van der Waals surface area (Å²) in [5.41, 5.74) is 15.3. The molecule has 0 unspecified atom stereocenters. The van der Waals surface area contributed by atoms with E-state index in [1.807, 2.05) is 48.5 Å². The first-order valence-corrected chi connectivity index (χ1v) is 19.6. The van der Waals surface area contributed by atoms with E-state index in [9.17, 15) is 0 Å². The van der Waals surface area contributed by atoms with Crippen molar-refractivity contribution in [3.05, 3.63) is 204 Å². The SMILES string of the molecule is c1ccc(-c2nc(-c3ccc4oc5c(-c6cccc7c6-c6ccccc6C76c7ccccc7Oc7ccccc76)cccc5c4c3)c3oc4ccccc4c3n2)cc1. The van der Waals surface area contributed by atoms with E-state index >= 15 is 0 Å². The number of fused-ring (bicyclic) bond motifs is 15. The molecule has 8 aromatic carbocycles. The first-order valence-electron chi connectivity index (χ1n) is 19.6. The normalized spacial score (nSPS) is 13.4. The molecule has 0 amide bonds. The molecule has 1 spiro atoms. The summed E-state index contributed by atoms with van der Waals surface area (Å²) in [6.45, 7) is 0. The van der Waals surface area contributed by atoms with Crippen LogP contribution in [0.4, 0.5) is 0 Å². The minimum Gasteiger partial charge on any atom is -0.457 e. The molecule has 0 radical (unpaired) electrons. The van der Waals surface area contributed by atoms with Crippen LogP contribution in [0.1, 0.15) is 22.3 Å². The van der Waals surface area contributed by atoms with E-state index in [1.165, 1.54) is 22.3 Å². The van der Waals surface area contributed by atoms with Crippen molar-refractivity contribution in [3.8, 4) is 56.4 Å². The van der Waals surface area contributed by atoms with Gasteiger partial charge in [0.15, 0.2) is 11.4 Å². The number of para-hydroxylation sites is 4. The third-order valence-electron chi connectivity index (χ3n) is 12.2. The van der Waals surface area contributed by atoms with E-state index in [0.717, 1.165) is 89.0 Å². The van der Waals surface area contributed by atoms with Crippen LogP contribution in [0.2, 0.25) is 0 Å². The predicted molar refractivity (Wildman–Crippen MR) is 230 cm³/mol. The molecule has 11 aromatic rings. The summed E-state index contributed by atoms with van der Waals surface area (Å²) in [4.78, 5) is 10.2. The smallest absolute Gasteiger partial charge is 0.180 e. The van der Waals surface area contributed by atoms with E-state index in [0.29, 0.717) is 11.4 Å². The highest BCUT2D eigenvalue weighted by Crippen LogP contribution is 2.63. The molecule has 1 aliphatic carbocycles. The Labute approximate surface area is 332 Å². The standard InChI is InChI=1S/C53H30N2O3/c1-2-14-31(15-3-1)52-54-48(51-49(55-52)37-17-5-9-25-43(37)58-51)32-28-29-44-38(30-32)35-20-12-19-34(50(35)57-44)33-18-13-24-42-47(33)36-16-4-6-21-39(36)53(42)40-22-7-10-26-45(40)56-46-27-11-8-23-41(46)53/h1-30H. The number of aromatic nitrogens is 2. The van der Waals surface area contributed by atoms with Gasteiger partial charge < -0.3 is 13.6 Å². The summed E-state index contributed by atoms with van der Waals surface area (Å²) in [6, 6.07) is 63.5. The largest absolute Gasteiger partial charge is 0.457 e. The fourth-order valence-corrected chi connectivity index (χ4v) is 9.79. The fourth-order valence-electron chi connectivity index (χ4n) is 9.79. The fraction of sp³-hybridized carbons (Fsp3) is 0.0189. The van der Waals surface area contributed by atoms with Crippen molar-refractivity contribution in [2.75, 3.05) is 0 Å². The minimum atomic E-state index is -0.553. The van der Waals surface area contributed by atoms with Gasteiger partial charge in [0.2, 0.25) is 0 Å². The van der Waals surface area contributed by atoms with Gasteiger partial charge in [0.05, 0.1) is 5.41 Å². The predicted octanol–water partition coefficient (Wildman–Crippen LogP) is 13.7. The molecular weight excluding hydrogens is 713 g/mol. The number of hydrogen-bond donors (Lipinski definition) is 0. The second kappa shape index (κ2) is 11.6. The molecule has 0 atom stereocenters. The topological polar surface area (TPSA) is 61.3 Å². The van der Waals surface area contributed by atoms with Crippen LogP contribution in [-0.4, -0.2) is 9.97 Å². The molecule has 13 rings (SSSR count). The Kier molecular flexibility index (Phi) is 6.31. The van der Waals surface area contributed by atoms with Crippen LogP contribution in [0.3, 0.4) is 0 Å². The highest BCUT2D eigenvalue weighted by atomic mass is 16.5. The average Bonchev–Trinajstić information content (AvgIpc) is 3.95. The van der Waals surface area contributed by atoms with Gasteiger partial charge in [-0.1, -0.05) is 140 Å². The number of furan rings is 2. The monoisotopic (exact) mass is 742 g/mol. The van der Waals surface area contributed by atoms with Crippen molar-refractivity contribution in [3.63, 3.8) is 0 Å². The molecule has 270 valence electrons. The van der Waals surface area contributed by atoms with Crippen molar-refractivity contribution in [2.45, 2.75) is 5.41 Å². The van der Waals surface area contributed by atoms with Crippen LogP contribution in [0.15, 0.2) is 191 Å². The molecule has 0 fully saturated rings. The molecule has 0 N–H and O–H groups in total. The number of hydrogen-bond acceptors (Lipinski definition) is 5. The van der Waals surface area contributed by atoms with Gasteiger partial charge in [0.25, 0.3) is 0 Å². The Balaban J connectivity index is 1.04. The second-order valence-electron chi connectivity index (χ2n) is 15.2. The van der Waals surface area contributed by atoms with Crippen molar-refractivity contribution < 1.29 is 13.6 Å². The molecule has 2 aliphatic rings. The zero-order valence-electron chi connectivity index (χ0n) is 30.9. The Morgan fingerprint density at radius 2 is 1.02 bits per heavy atom. The molecule has 0 saturated heterocycles. The molecule has 5 heteroatoms. The second-order valence-corrected chi connectivity index (χ2v) is 15.2. The minimum absolute atomic E-state index is 0.553. The maximum Gasteiger partial charge on any atom is 0.180 e. The molecule has 5 nitrogen and oxygen atoms in total. The van der Waals surface area contributed by atoms with Gasteiger partial charge in [-0.2, -0.15) is 0 Å². The zero-order chi connectivity index (χ0) is 38.0. The Hall–Kier alpha value is -7.76. The third-order valence-corrected chi connectivity index (χ3v) is 12.2. The van der Waals surface area contributed by atoms with Crippen LogP contribution in [0.5, 0.6) is 11.5 Å². The highest BCUT2D eigenvalue weighted by molar-refractivity contribution is 6.13. The summed E-state index contributed by atoms with van der Waals surface area (Å²) in [5.74, 6) is 2.41. The molecule has 4 heterocycles. The van der Waals surface area contributed by atoms with Crippen LogP contribution >= 0.6 is 0 Å². The van der Waals surface area contributed by atoms with E-state index in [1.54, 1.807) is 0 Å². The average molecular weight is 743 g/mol. The van der Waals surface area contributed by atoms with Crippen molar-refractivity contribution in [2.24, 2.45) is 0 Å². The Morgan fingerprint density at radius 3 is 1.86 bits per heavy atom. The number of ether oxygens (including phenoxy) is 1. The van der Waals surface area contributed by atoms with E-state index in [-0.39, 0.29) is 0 Å². The molecule has 58 heavy (non-hydrogen) atoms. The van der Waals surface area contributed by atoms with Gasteiger partial charge in [-0.05, 0) is 70.3 Å². The van der Waals surface area contributed by atoms with Gasteiger partial charge >= 0.3 is 0 Å². The summed E-state index contributed by atoms with van der Waals surface area (Å²) >= 11 is 0. The van der Waals surface area contributed by atoms with Crippen LogP contribution in [0, 0.1) is 0 Å². The van der Waals surface area contributed by atoms with E-state index in [2.05, 4.69) is 133 Å². The van der Waals surface area contributed by atoms with Gasteiger partial charge in [0, 0.05) is 44.0 Å². The molecule has 1 aliphatic heterocycles. The van der Waals surface area contributed by atoms with Crippen molar-refractivity contribution >= 4 is 44.0 Å². The summed E-state index contributed by atoms with van der Waals surface area (Å²) in [7, 11) is 0. The summed E-state index contributed by atoms with van der Waals surface area (Å²) in [6.07, 6.45) is 0. The zero-order valence-corrected chi connectivity index (χ0v) is 30.9. The number of rotatable bonds is 3. The van der Waals surface area contributed by atoms with Crippen LogP contribution in [0.25, 0.3) is 88.9 Å². The van der Waals surface area contributed by atoms with E-state index in [4.69, 9.17) is 23.5 Å². The van der Waals surface area contributed by atoms with E-state index < -0.39 is 5.41 Å². The summed E-state index contributed by atoms with van der Waals surface area (Å²) < 4.78 is 20.0. The highest BCUT2D eigenvalue weighted by Gasteiger charge is 2.51. The lowest BCUT2D eigenvalue weighted by atomic mass is 9.66. The molecule has 0 saturated carbocycles. The first kappa shape index (κ1) is 31.4. The Morgan fingerprint density at radius 1 is 0.397 bits per heavy atom. The van der Waals surface area contributed by atoms with Crippen LogP contribution < -0.4 is 4.74 Å². The summed E-state index contributed by atoms with van der Waals surface area (Å²) in [5, 5.41) is 3.01. The van der Waals surface area contributed by atoms with Gasteiger partial charge in [-0.3, -0.25) is 0 Å². The van der Waals surface area contributed by atoms with Gasteiger partial charge in [0.1, 0.15) is 39.5 Å². The quantitative estimate of drug-likeness (QED) is 0.180. The maximum atomic E-state index is 6.88. The lowest BCUT2D eigenvalue weighted by molar-refractivity contribution is 0.436. The Bertz CT molecular complexity index is 3460. The maximum absolute atomic E-state index is 6.88. The first-order chi connectivity index (χ1) is 28.8. The molecule has 0 bridgehead atoms. The van der Waals surface area contributed by atoms with Gasteiger partial charge in [-0.15, -0.1) is 0 Å². The molecule has 3 aromatic heterocycles. The van der Waals surface area contributed by atoms with Crippen molar-refractivity contribution in [1.29, 1.82) is 0 Å². The number of benzene rings is 8. The molecular formula is C53H30N2O3. The lowest BCUT2D eigenvalue weighted by Crippen LogP contribution is -2.32. The lowest BCUT2D eigenvalue weighted by Gasteiger charge is -2.39. The van der Waals surface area contributed by atoms with Gasteiger partial charge in [-0.25, -0.2) is 9.97 Å². The third kappa shape index (κ3) is 4.14.